The molecule has 77 heavy (non-hydrogen) atoms. The van der Waals surface area contributed by atoms with Crippen molar-refractivity contribution in [3.05, 3.63) is 48.0 Å². The Bertz CT molecular complexity index is 2190. The average molecular weight is 1210 g/mol. The summed E-state index contributed by atoms with van der Waals surface area (Å²) in [6.07, 6.45) is 14.2. The Morgan fingerprint density at radius 1 is 0.571 bits per heavy atom. The second-order valence-electron chi connectivity index (χ2n) is 18.1. The SMILES string of the molecule is CCCCCCCCCCCCC/C=C/[C@@H](OC(=O)c1ccccc1)[C@H](CO[C@H]1O[C@H](COS(=O)(=O)[O-])[C@H](OS(=O)(=O)[O-])[C@H](OS(=O)(=O)[O-])[C@H]1OS(=O)(=O)[O-])NC(=O)CCCCCCCCCCCCCCC.[Na+].[Na+].[Na+].[Na+]. The van der Waals surface area contributed by atoms with Crippen LogP contribution >= 0.6 is 0 Å². The summed E-state index contributed by atoms with van der Waals surface area (Å²) >= 11 is 0. The molecule has 0 spiro atoms. The standard InChI is InChI=1S/C47H81NO21S4.4Na/c1-3-5-7-9-11-13-15-17-19-21-23-25-30-34-40(65-46(50)38-32-28-27-29-33-38)39(48-42(49)35-31-26-24-22-20-18-16-14-12-10-8-6-4-2)36-63-47-45(69-73(60,61)62)44(68-72(57,58)59)43(67-71(54,55)56)41(66-47)37-64-70(51,52)53;;;;/h27-30,32-34,39-41,43-45,47H,3-26,31,35-37H2,1-2H3,(H,48,49)(H,51,52,53)(H,54,55,56)(H,57,58,59)(H,60,61,62);;;;/q;4*+1/p-4/b34-30+;;;;/t39-,40+,41+,43-,44-,45+,47-;;;;/m0..../s1. The predicted molar refractivity (Wildman–Crippen MR) is 262 cm³/mol. The van der Waals surface area contributed by atoms with Crippen molar-refractivity contribution in [3.8, 4) is 0 Å². The number of rotatable bonds is 43. The zero-order valence-corrected chi connectivity index (χ0v) is 57.4. The van der Waals surface area contributed by atoms with Gasteiger partial charge in [-0.3, -0.25) is 21.5 Å². The van der Waals surface area contributed by atoms with Gasteiger partial charge in [-0.05, 0) is 37.5 Å². The minimum absolute atomic E-state index is 0. The number of amides is 1. The molecular weight excluding hydrogens is 1130 g/mol. The van der Waals surface area contributed by atoms with Crippen LogP contribution in [0.1, 0.15) is 191 Å². The number of benzene rings is 1. The minimum atomic E-state index is -6.10. The van der Waals surface area contributed by atoms with Gasteiger partial charge in [-0.15, -0.1) is 0 Å². The van der Waals surface area contributed by atoms with E-state index in [1.54, 1.807) is 24.3 Å². The third kappa shape index (κ3) is 42.7. The van der Waals surface area contributed by atoms with Gasteiger partial charge in [0.15, 0.2) is 12.4 Å². The summed E-state index contributed by atoms with van der Waals surface area (Å²) in [4.78, 5) is 27.3. The average Bonchev–Trinajstić information content (AvgIpc) is 3.30. The number of ether oxygens (including phenoxy) is 3. The molecule has 30 heteroatoms. The van der Waals surface area contributed by atoms with Crippen LogP contribution in [0.25, 0.3) is 0 Å². The summed E-state index contributed by atoms with van der Waals surface area (Å²) in [5.41, 5.74) is 0.100. The van der Waals surface area contributed by atoms with Gasteiger partial charge in [0.25, 0.3) is 0 Å². The van der Waals surface area contributed by atoms with E-state index in [0.29, 0.717) is 19.3 Å². The van der Waals surface area contributed by atoms with Gasteiger partial charge in [0, 0.05) is 6.42 Å². The van der Waals surface area contributed by atoms with Crippen LogP contribution in [0.2, 0.25) is 0 Å². The van der Waals surface area contributed by atoms with E-state index < -0.39 is 110 Å². The molecule has 22 nitrogen and oxygen atoms in total. The van der Waals surface area contributed by atoms with Crippen LogP contribution in [0.5, 0.6) is 0 Å². The molecule has 2 rings (SSSR count). The molecule has 0 radical (unpaired) electrons. The second kappa shape index (κ2) is 46.6. The van der Waals surface area contributed by atoms with Crippen LogP contribution in [0.3, 0.4) is 0 Å². The monoisotopic (exact) mass is 1210 g/mol. The molecule has 1 saturated heterocycles. The fraction of sp³-hybridized carbons (Fsp3) is 0.787. The van der Waals surface area contributed by atoms with E-state index in [1.807, 2.05) is 0 Å². The fourth-order valence-corrected chi connectivity index (χ4v) is 9.98. The Hall–Kier alpha value is 1.30. The molecule has 0 aromatic heterocycles. The maximum Gasteiger partial charge on any atom is 1.00 e. The number of carbonyl (C=O) groups is 2. The van der Waals surface area contributed by atoms with Gasteiger partial charge in [-0.1, -0.05) is 179 Å². The summed E-state index contributed by atoms with van der Waals surface area (Å²) in [5.74, 6) is -1.44. The maximum absolute atomic E-state index is 13.7. The zero-order chi connectivity index (χ0) is 54.2. The Morgan fingerprint density at radius 3 is 1.43 bits per heavy atom. The molecule has 0 saturated carbocycles. The van der Waals surface area contributed by atoms with Crippen molar-refractivity contribution in [2.24, 2.45) is 0 Å². The second-order valence-corrected chi connectivity index (χ2v) is 22.2. The number of unbranched alkanes of at least 4 members (excludes halogenated alkanes) is 23. The van der Waals surface area contributed by atoms with Crippen molar-refractivity contribution in [2.45, 2.75) is 224 Å². The van der Waals surface area contributed by atoms with Crippen molar-refractivity contribution >= 4 is 53.5 Å². The maximum atomic E-state index is 13.7. The fourth-order valence-electron chi connectivity index (χ4n) is 8.21. The van der Waals surface area contributed by atoms with Gasteiger partial charge in [-0.2, -0.15) is 0 Å². The molecule has 1 aromatic carbocycles. The van der Waals surface area contributed by atoms with Crippen LogP contribution in [0, 0.1) is 0 Å². The Labute approximate surface area is 547 Å². The summed E-state index contributed by atoms with van der Waals surface area (Å²) in [7, 11) is -23.9. The van der Waals surface area contributed by atoms with E-state index in [0.717, 1.165) is 70.6 Å². The molecular formula is C47H77NNa4O21S4. The molecule has 424 valence electrons. The number of allylic oxidation sites excluding steroid dienone is 1. The van der Waals surface area contributed by atoms with Gasteiger partial charge in [0.05, 0.1) is 24.8 Å². The third-order valence-electron chi connectivity index (χ3n) is 11.9. The van der Waals surface area contributed by atoms with E-state index in [9.17, 15) is 61.5 Å². The Kier molecular flexibility index (Phi) is 49.9. The first-order valence-corrected chi connectivity index (χ1v) is 30.9. The number of nitrogens with one attached hydrogen (secondary N) is 1. The number of hydrogen-bond donors (Lipinski definition) is 1. The summed E-state index contributed by atoms with van der Waals surface area (Å²) in [6, 6.07) is 6.28. The van der Waals surface area contributed by atoms with Crippen LogP contribution in [0.15, 0.2) is 42.5 Å². The smallest absolute Gasteiger partial charge is 0.726 e. The molecule has 0 unspecified atom stereocenters. The molecule has 1 N–H and O–H groups in total. The van der Waals surface area contributed by atoms with Gasteiger partial charge >= 0.3 is 124 Å². The van der Waals surface area contributed by atoms with Crippen LogP contribution in [-0.2, 0) is 77.3 Å². The summed E-state index contributed by atoms with van der Waals surface area (Å²) in [6.45, 7) is 1.83. The molecule has 1 fully saturated rings. The van der Waals surface area contributed by atoms with Gasteiger partial charge in [0.1, 0.15) is 24.4 Å². The van der Waals surface area contributed by atoms with Crippen molar-refractivity contribution in [2.75, 3.05) is 13.2 Å². The topological polar surface area (TPSA) is 340 Å². The zero-order valence-electron chi connectivity index (χ0n) is 46.1. The molecule has 0 aliphatic carbocycles. The molecule has 1 heterocycles. The van der Waals surface area contributed by atoms with Gasteiger partial charge < -0.3 is 37.7 Å². The summed E-state index contributed by atoms with van der Waals surface area (Å²) in [5, 5.41) is 2.73. The van der Waals surface area contributed by atoms with Crippen LogP contribution in [0.4, 0.5) is 0 Å². The van der Waals surface area contributed by atoms with E-state index in [2.05, 4.69) is 35.9 Å². The molecule has 7 atom stereocenters. The minimum Gasteiger partial charge on any atom is -0.726 e. The van der Waals surface area contributed by atoms with Gasteiger partial charge in [0.2, 0.25) is 47.5 Å². The van der Waals surface area contributed by atoms with E-state index in [-0.39, 0.29) is 130 Å². The van der Waals surface area contributed by atoms with E-state index >= 15 is 0 Å². The first-order chi connectivity index (χ1) is 34.5. The number of esters is 1. The summed E-state index contributed by atoms with van der Waals surface area (Å²) < 4.78 is 176. The third-order valence-corrected chi connectivity index (χ3v) is 13.7. The molecule has 0 bridgehead atoms. The van der Waals surface area contributed by atoms with E-state index in [4.69, 9.17) is 14.2 Å². The quantitative estimate of drug-likeness (QED) is 0.0160. The predicted octanol–water partition coefficient (Wildman–Crippen LogP) is -4.79. The molecule has 1 aromatic rings. The first-order valence-electron chi connectivity index (χ1n) is 25.5. The van der Waals surface area contributed by atoms with E-state index in [1.165, 1.54) is 88.8 Å². The van der Waals surface area contributed by atoms with Crippen molar-refractivity contribution in [3.63, 3.8) is 0 Å². The Morgan fingerprint density at radius 2 is 0.987 bits per heavy atom. The largest absolute Gasteiger partial charge is 1.00 e. The van der Waals surface area contributed by atoms with Gasteiger partial charge in [-0.25, -0.2) is 38.5 Å². The Balaban J connectivity index is -0.0000137. The van der Waals surface area contributed by atoms with Crippen LogP contribution in [-0.4, -0.2) is 120 Å². The first kappa shape index (κ1) is 82.5. The number of hydrogen-bond acceptors (Lipinski definition) is 21. The molecule has 1 aliphatic heterocycles. The normalized spacial score (nSPS) is 18.7. The molecule has 1 aliphatic rings. The van der Waals surface area contributed by atoms with Crippen molar-refractivity contribution < 1.29 is 211 Å². The van der Waals surface area contributed by atoms with Crippen molar-refractivity contribution in [1.29, 1.82) is 0 Å². The number of carbonyl (C=O) groups excluding carboxylic acids is 2. The van der Waals surface area contributed by atoms with Crippen molar-refractivity contribution in [1.82, 2.24) is 5.32 Å². The molecule has 1 amide bonds. The van der Waals surface area contributed by atoms with Crippen LogP contribution < -0.4 is 124 Å².